The lowest BCUT2D eigenvalue weighted by Crippen LogP contribution is -2.18. The van der Waals surface area contributed by atoms with E-state index < -0.39 is 0 Å². The fraction of sp³-hybridized carbons (Fsp3) is 0.545. The predicted octanol–water partition coefficient (Wildman–Crippen LogP) is 5.52. The van der Waals surface area contributed by atoms with Crippen molar-refractivity contribution in [3.63, 3.8) is 0 Å². The lowest BCUT2D eigenvalue weighted by atomic mass is 9.72. The second-order valence-corrected chi connectivity index (χ2v) is 7.55. The lowest BCUT2D eigenvalue weighted by molar-refractivity contribution is 0.0961. The summed E-state index contributed by atoms with van der Waals surface area (Å²) in [5.41, 5.74) is 5.85. The van der Waals surface area contributed by atoms with Crippen molar-refractivity contribution in [1.82, 2.24) is 5.32 Å². The Balaban J connectivity index is 2.20. The van der Waals surface area contributed by atoms with Crippen molar-refractivity contribution in [2.75, 3.05) is 20.7 Å². The van der Waals surface area contributed by atoms with Gasteiger partial charge in [-0.25, -0.2) is 0 Å². The van der Waals surface area contributed by atoms with Gasteiger partial charge in [-0.3, -0.25) is 0 Å². The third kappa shape index (κ3) is 4.81. The van der Waals surface area contributed by atoms with Gasteiger partial charge in [0.25, 0.3) is 0 Å². The number of benzene rings is 1. The van der Waals surface area contributed by atoms with E-state index in [4.69, 9.17) is 4.74 Å². The van der Waals surface area contributed by atoms with Gasteiger partial charge in [0.1, 0.15) is 0 Å². The smallest absolute Gasteiger partial charge is 0.0833 e. The zero-order chi connectivity index (χ0) is 17.6. The quantitative estimate of drug-likeness (QED) is 0.711. The van der Waals surface area contributed by atoms with Crippen molar-refractivity contribution in [3.05, 3.63) is 52.6 Å². The van der Waals surface area contributed by atoms with Crippen LogP contribution in [0.4, 0.5) is 0 Å². The summed E-state index contributed by atoms with van der Waals surface area (Å²) < 4.78 is 5.66. The lowest BCUT2D eigenvalue weighted by Gasteiger charge is -2.32. The van der Waals surface area contributed by atoms with E-state index in [9.17, 15) is 0 Å². The van der Waals surface area contributed by atoms with Crippen molar-refractivity contribution in [2.45, 2.75) is 52.6 Å². The van der Waals surface area contributed by atoms with E-state index in [1.807, 2.05) is 7.05 Å². The molecular formula is C22H33NO. The van der Waals surface area contributed by atoms with E-state index in [1.165, 1.54) is 36.0 Å². The van der Waals surface area contributed by atoms with Crippen molar-refractivity contribution in [2.24, 2.45) is 5.41 Å². The summed E-state index contributed by atoms with van der Waals surface area (Å²) in [7, 11) is 3.77. The van der Waals surface area contributed by atoms with Gasteiger partial charge < -0.3 is 10.1 Å². The van der Waals surface area contributed by atoms with Crippen molar-refractivity contribution < 1.29 is 4.74 Å². The molecule has 1 aliphatic rings. The summed E-state index contributed by atoms with van der Waals surface area (Å²) in [4.78, 5) is 0. The molecule has 1 aromatic rings. The SMILES string of the molecule is CNCCC(OC)c1cccc(C=CC2=C(C)CCCC2(C)C)c1. The molecule has 0 radical (unpaired) electrons. The maximum absolute atomic E-state index is 5.66. The topological polar surface area (TPSA) is 21.3 Å². The first-order chi connectivity index (χ1) is 11.5. The number of nitrogens with one attached hydrogen (secondary N) is 1. The molecule has 0 bridgehead atoms. The van der Waals surface area contributed by atoms with E-state index in [2.05, 4.69) is 62.5 Å². The highest BCUT2D eigenvalue weighted by molar-refractivity contribution is 5.55. The molecule has 1 aliphatic carbocycles. The molecule has 0 aromatic heterocycles. The molecule has 1 aromatic carbocycles. The first-order valence-corrected chi connectivity index (χ1v) is 9.13. The standard InChI is InChI=1S/C22H33NO/c1-17-8-7-14-22(2,3)20(17)12-11-18-9-6-10-19(16-18)21(24-5)13-15-23-4/h6,9-12,16,21,23H,7-8,13-15H2,1-5H3. The molecule has 132 valence electrons. The molecule has 0 spiro atoms. The van der Waals surface area contributed by atoms with Crippen LogP contribution < -0.4 is 5.32 Å². The molecule has 2 rings (SSSR count). The largest absolute Gasteiger partial charge is 0.377 e. The Kier molecular flexibility index (Phi) is 6.82. The minimum absolute atomic E-state index is 0.151. The molecule has 0 fully saturated rings. The molecule has 0 saturated carbocycles. The van der Waals surface area contributed by atoms with Gasteiger partial charge in [0.15, 0.2) is 0 Å². The van der Waals surface area contributed by atoms with Crippen molar-refractivity contribution >= 4 is 6.08 Å². The van der Waals surface area contributed by atoms with E-state index in [0.29, 0.717) is 0 Å². The van der Waals surface area contributed by atoms with Crippen LogP contribution in [0.3, 0.4) is 0 Å². The average molecular weight is 328 g/mol. The Labute approximate surface area is 148 Å². The second kappa shape index (κ2) is 8.64. The molecule has 2 heteroatoms. The van der Waals surface area contributed by atoms with Crippen molar-refractivity contribution in [1.29, 1.82) is 0 Å². The Morgan fingerprint density at radius 1 is 1.29 bits per heavy atom. The minimum Gasteiger partial charge on any atom is -0.377 e. The minimum atomic E-state index is 0.151. The normalized spacial score (nSPS) is 19.0. The van der Waals surface area contributed by atoms with E-state index in [-0.39, 0.29) is 11.5 Å². The third-order valence-electron chi connectivity index (χ3n) is 5.21. The monoisotopic (exact) mass is 327 g/mol. The fourth-order valence-corrected chi connectivity index (χ4v) is 3.75. The van der Waals surface area contributed by atoms with Gasteiger partial charge in [0, 0.05) is 7.11 Å². The number of rotatable bonds is 7. The van der Waals surface area contributed by atoms with Crippen LogP contribution in [-0.4, -0.2) is 20.7 Å². The molecule has 1 N–H and O–H groups in total. The average Bonchev–Trinajstić information content (AvgIpc) is 2.55. The first-order valence-electron chi connectivity index (χ1n) is 9.13. The van der Waals surface area contributed by atoms with Crippen LogP contribution in [0.5, 0.6) is 0 Å². The molecule has 0 amide bonds. The zero-order valence-corrected chi connectivity index (χ0v) is 16.0. The zero-order valence-electron chi connectivity index (χ0n) is 16.0. The number of ether oxygens (including phenoxy) is 1. The van der Waals surface area contributed by atoms with Gasteiger partial charge >= 0.3 is 0 Å². The molecule has 24 heavy (non-hydrogen) atoms. The Morgan fingerprint density at radius 3 is 2.75 bits per heavy atom. The van der Waals surface area contributed by atoms with Gasteiger partial charge in [-0.15, -0.1) is 0 Å². The summed E-state index contributed by atoms with van der Waals surface area (Å²) in [6.45, 7) is 7.98. The highest BCUT2D eigenvalue weighted by atomic mass is 16.5. The number of hydrogen-bond acceptors (Lipinski definition) is 2. The molecule has 0 aliphatic heterocycles. The van der Waals surface area contributed by atoms with E-state index in [0.717, 1.165) is 13.0 Å². The van der Waals surface area contributed by atoms with E-state index in [1.54, 1.807) is 12.7 Å². The fourth-order valence-electron chi connectivity index (χ4n) is 3.75. The second-order valence-electron chi connectivity index (χ2n) is 7.55. The summed E-state index contributed by atoms with van der Waals surface area (Å²) in [5.74, 6) is 0. The Bertz CT molecular complexity index is 598. The molecular weight excluding hydrogens is 294 g/mol. The van der Waals surface area contributed by atoms with Crippen LogP contribution >= 0.6 is 0 Å². The maximum atomic E-state index is 5.66. The third-order valence-corrected chi connectivity index (χ3v) is 5.21. The van der Waals surface area contributed by atoms with Crippen LogP contribution in [0.2, 0.25) is 0 Å². The number of hydrogen-bond donors (Lipinski definition) is 1. The maximum Gasteiger partial charge on any atom is 0.0833 e. The molecule has 0 heterocycles. The van der Waals surface area contributed by atoms with Crippen LogP contribution in [0, 0.1) is 5.41 Å². The van der Waals surface area contributed by atoms with Gasteiger partial charge in [-0.1, -0.05) is 49.8 Å². The van der Waals surface area contributed by atoms with E-state index >= 15 is 0 Å². The van der Waals surface area contributed by atoms with Crippen molar-refractivity contribution in [3.8, 4) is 0 Å². The van der Waals surface area contributed by atoms with Crippen LogP contribution in [0.1, 0.15) is 63.7 Å². The summed E-state index contributed by atoms with van der Waals surface area (Å²) in [5, 5.41) is 3.20. The van der Waals surface area contributed by atoms with Crippen LogP contribution in [0.25, 0.3) is 6.08 Å². The molecule has 1 atom stereocenters. The van der Waals surface area contributed by atoms with Gasteiger partial charge in [0.05, 0.1) is 6.10 Å². The van der Waals surface area contributed by atoms with Gasteiger partial charge in [0.2, 0.25) is 0 Å². The first kappa shape index (κ1) is 19.0. The Hall–Kier alpha value is -1.38. The van der Waals surface area contributed by atoms with Crippen LogP contribution in [-0.2, 0) is 4.74 Å². The molecule has 0 saturated heterocycles. The predicted molar refractivity (Wildman–Crippen MR) is 104 cm³/mol. The highest BCUT2D eigenvalue weighted by Crippen LogP contribution is 2.41. The van der Waals surface area contributed by atoms with Gasteiger partial charge in [-0.05, 0) is 74.4 Å². The van der Waals surface area contributed by atoms with Gasteiger partial charge in [-0.2, -0.15) is 0 Å². The summed E-state index contributed by atoms with van der Waals surface area (Å²) in [6, 6.07) is 8.73. The number of allylic oxidation sites excluding steroid dienone is 3. The summed E-state index contributed by atoms with van der Waals surface area (Å²) >= 11 is 0. The number of methoxy groups -OCH3 is 1. The summed E-state index contributed by atoms with van der Waals surface area (Å²) in [6.07, 6.45) is 9.56. The highest BCUT2D eigenvalue weighted by Gasteiger charge is 2.26. The Morgan fingerprint density at radius 2 is 2.08 bits per heavy atom. The van der Waals surface area contributed by atoms with Crippen LogP contribution in [0.15, 0.2) is 41.5 Å². The molecule has 1 unspecified atom stereocenters. The molecule has 2 nitrogen and oxygen atoms in total.